The molecule has 0 saturated carbocycles. The van der Waals surface area contributed by atoms with E-state index in [2.05, 4.69) is 88.2 Å². The van der Waals surface area contributed by atoms with Gasteiger partial charge in [0, 0.05) is 28.9 Å². The number of hydrogen-bond acceptors (Lipinski definition) is 4. The van der Waals surface area contributed by atoms with Gasteiger partial charge in [0.15, 0.2) is 0 Å². The number of hydrogen-bond donors (Lipinski definition) is 1. The first-order chi connectivity index (χ1) is 12.9. The summed E-state index contributed by atoms with van der Waals surface area (Å²) >= 11 is 3.43. The van der Waals surface area contributed by atoms with Crippen molar-refractivity contribution in [3.63, 3.8) is 0 Å². The van der Waals surface area contributed by atoms with E-state index in [9.17, 15) is 0 Å². The van der Waals surface area contributed by atoms with Crippen LogP contribution in [0.1, 0.15) is 22.9 Å². The van der Waals surface area contributed by atoms with Gasteiger partial charge in [-0.05, 0) is 29.0 Å². The number of nitrogens with one attached hydrogen (secondary N) is 1. The van der Waals surface area contributed by atoms with Crippen LogP contribution in [0.3, 0.4) is 0 Å². The highest BCUT2D eigenvalue weighted by Crippen LogP contribution is 2.26. The average molecular weight is 377 g/mol. The first-order valence-electron chi connectivity index (χ1n) is 8.68. The van der Waals surface area contributed by atoms with Crippen LogP contribution in [0.4, 0.5) is 0 Å². The van der Waals surface area contributed by atoms with Crippen molar-refractivity contribution in [3.8, 4) is 10.6 Å². The number of aromatic nitrogens is 1. The minimum absolute atomic E-state index is 0.268. The Morgan fingerprint density at radius 1 is 0.885 bits per heavy atom. The van der Waals surface area contributed by atoms with Crippen molar-refractivity contribution in [1.82, 2.24) is 10.3 Å². The van der Waals surface area contributed by atoms with Crippen LogP contribution in [0.25, 0.3) is 10.6 Å². The first kappa shape index (κ1) is 17.2. The second kappa shape index (κ2) is 8.41. The highest BCUT2D eigenvalue weighted by atomic mass is 32.1. The molecule has 2 aromatic heterocycles. The summed E-state index contributed by atoms with van der Waals surface area (Å²) in [6, 6.07) is 23.7. The smallest absolute Gasteiger partial charge is 0.124 e. The Morgan fingerprint density at radius 2 is 1.65 bits per heavy atom. The summed E-state index contributed by atoms with van der Waals surface area (Å²) in [5.74, 6) is 0. The van der Waals surface area contributed by atoms with E-state index in [4.69, 9.17) is 4.98 Å². The van der Waals surface area contributed by atoms with E-state index >= 15 is 0 Å². The van der Waals surface area contributed by atoms with Crippen LogP contribution in [-0.4, -0.2) is 4.98 Å². The van der Waals surface area contributed by atoms with Gasteiger partial charge in [-0.1, -0.05) is 60.7 Å². The van der Waals surface area contributed by atoms with Crippen LogP contribution in [0.5, 0.6) is 0 Å². The van der Waals surface area contributed by atoms with Gasteiger partial charge in [-0.25, -0.2) is 4.98 Å². The van der Waals surface area contributed by atoms with Crippen molar-refractivity contribution in [2.24, 2.45) is 0 Å². The molecule has 26 heavy (non-hydrogen) atoms. The largest absolute Gasteiger partial charge is 0.304 e. The molecule has 4 rings (SSSR count). The van der Waals surface area contributed by atoms with E-state index < -0.39 is 0 Å². The van der Waals surface area contributed by atoms with E-state index in [1.165, 1.54) is 16.7 Å². The summed E-state index contributed by atoms with van der Waals surface area (Å²) in [7, 11) is 0. The molecule has 0 fully saturated rings. The first-order valence-corrected chi connectivity index (χ1v) is 10.5. The molecular weight excluding hydrogens is 356 g/mol. The quantitative estimate of drug-likeness (QED) is 0.431. The van der Waals surface area contributed by atoms with E-state index in [0.29, 0.717) is 0 Å². The number of thiazole rings is 1. The van der Waals surface area contributed by atoms with Gasteiger partial charge in [-0.15, -0.1) is 11.3 Å². The lowest BCUT2D eigenvalue weighted by Crippen LogP contribution is -2.23. The van der Waals surface area contributed by atoms with Crippen LogP contribution < -0.4 is 5.32 Å². The fraction of sp³-hybridized carbons (Fsp3) is 0.136. The molecule has 0 aliphatic carbocycles. The molecule has 0 saturated heterocycles. The summed E-state index contributed by atoms with van der Waals surface area (Å²) in [5.41, 5.74) is 4.97. The van der Waals surface area contributed by atoms with Crippen molar-refractivity contribution in [3.05, 3.63) is 99.7 Å². The lowest BCUT2D eigenvalue weighted by Gasteiger charge is -2.19. The van der Waals surface area contributed by atoms with Gasteiger partial charge in [0.2, 0.25) is 0 Å². The Hall–Kier alpha value is -2.27. The van der Waals surface area contributed by atoms with Gasteiger partial charge in [-0.3, -0.25) is 0 Å². The van der Waals surface area contributed by atoms with E-state index in [-0.39, 0.29) is 6.04 Å². The van der Waals surface area contributed by atoms with Gasteiger partial charge < -0.3 is 5.32 Å². The molecule has 1 atom stereocenters. The van der Waals surface area contributed by atoms with Crippen LogP contribution >= 0.6 is 22.7 Å². The molecule has 0 spiro atoms. The van der Waals surface area contributed by atoms with E-state index in [1.807, 2.05) is 0 Å². The Bertz CT molecular complexity index is 915. The zero-order chi connectivity index (χ0) is 17.6. The van der Waals surface area contributed by atoms with Gasteiger partial charge in [-0.2, -0.15) is 11.3 Å². The molecule has 2 nitrogen and oxygen atoms in total. The molecule has 4 aromatic rings. The topological polar surface area (TPSA) is 24.9 Å². The Balaban J connectivity index is 1.48. The lowest BCUT2D eigenvalue weighted by molar-refractivity contribution is 0.526. The highest BCUT2D eigenvalue weighted by Gasteiger charge is 2.13. The minimum Gasteiger partial charge on any atom is -0.304 e. The van der Waals surface area contributed by atoms with Crippen LogP contribution in [0, 0.1) is 0 Å². The second-order valence-corrected chi connectivity index (χ2v) is 7.83. The molecule has 130 valence electrons. The molecule has 0 aliphatic heterocycles. The van der Waals surface area contributed by atoms with Gasteiger partial charge in [0.25, 0.3) is 0 Å². The van der Waals surface area contributed by atoms with Gasteiger partial charge in [0.05, 0.1) is 5.69 Å². The fourth-order valence-electron chi connectivity index (χ4n) is 2.98. The minimum atomic E-state index is 0.268. The lowest BCUT2D eigenvalue weighted by atomic mass is 9.99. The van der Waals surface area contributed by atoms with Crippen molar-refractivity contribution in [2.75, 3.05) is 0 Å². The van der Waals surface area contributed by atoms with Crippen LogP contribution in [0.2, 0.25) is 0 Å². The third-order valence-corrected chi connectivity index (χ3v) is 5.96. The number of rotatable bonds is 7. The molecule has 2 aromatic carbocycles. The highest BCUT2D eigenvalue weighted by molar-refractivity contribution is 7.14. The number of nitrogens with zero attached hydrogens (tertiary/aromatic N) is 1. The molecule has 0 bridgehead atoms. The third kappa shape index (κ3) is 4.28. The number of thiophene rings is 1. The maximum Gasteiger partial charge on any atom is 0.124 e. The Morgan fingerprint density at radius 3 is 2.38 bits per heavy atom. The van der Waals surface area contributed by atoms with E-state index in [0.717, 1.165) is 23.7 Å². The zero-order valence-corrected chi connectivity index (χ0v) is 16.0. The van der Waals surface area contributed by atoms with Crippen LogP contribution in [0.15, 0.2) is 82.9 Å². The average Bonchev–Trinajstić information content (AvgIpc) is 3.38. The standard InChI is InChI=1S/C22H20N2S2/c1-3-7-17(8-4-1)13-21(18-9-5-2-6-10-18)23-14-20-16-26-22(24-20)19-11-12-25-15-19/h1-12,15-16,21,23H,13-14H2. The zero-order valence-electron chi connectivity index (χ0n) is 14.3. The van der Waals surface area contributed by atoms with Crippen molar-refractivity contribution >= 4 is 22.7 Å². The summed E-state index contributed by atoms with van der Waals surface area (Å²) < 4.78 is 0. The van der Waals surface area contributed by atoms with Crippen LogP contribution in [-0.2, 0) is 13.0 Å². The molecule has 0 amide bonds. The molecule has 2 heterocycles. The maximum atomic E-state index is 4.79. The molecule has 1 N–H and O–H groups in total. The Labute approximate surface area is 162 Å². The van der Waals surface area contributed by atoms with Gasteiger partial charge >= 0.3 is 0 Å². The summed E-state index contributed by atoms with van der Waals surface area (Å²) in [4.78, 5) is 4.79. The fourth-order valence-corrected chi connectivity index (χ4v) is 4.51. The molecule has 4 heteroatoms. The van der Waals surface area contributed by atoms with Crippen molar-refractivity contribution in [2.45, 2.75) is 19.0 Å². The third-order valence-electron chi connectivity index (χ3n) is 4.33. The molecule has 0 radical (unpaired) electrons. The predicted octanol–water partition coefficient (Wildman–Crippen LogP) is 5.95. The Kier molecular flexibility index (Phi) is 5.55. The summed E-state index contributed by atoms with van der Waals surface area (Å²) in [6.07, 6.45) is 0.965. The maximum absolute atomic E-state index is 4.79. The molecule has 1 unspecified atom stereocenters. The second-order valence-electron chi connectivity index (χ2n) is 6.19. The van der Waals surface area contributed by atoms with E-state index in [1.54, 1.807) is 22.7 Å². The SMILES string of the molecule is c1ccc(CC(NCc2csc(-c3ccsc3)n2)c2ccccc2)cc1. The number of benzene rings is 2. The predicted molar refractivity (Wildman–Crippen MR) is 112 cm³/mol. The monoisotopic (exact) mass is 376 g/mol. The van der Waals surface area contributed by atoms with Crippen molar-refractivity contribution < 1.29 is 0 Å². The summed E-state index contributed by atoms with van der Waals surface area (Å²) in [5, 5.41) is 11.2. The molecular formula is C22H20N2S2. The van der Waals surface area contributed by atoms with Gasteiger partial charge in [0.1, 0.15) is 5.01 Å². The molecule has 0 aliphatic rings. The van der Waals surface area contributed by atoms with Crippen molar-refractivity contribution in [1.29, 1.82) is 0 Å². The summed E-state index contributed by atoms with van der Waals surface area (Å²) in [6.45, 7) is 0.771. The normalized spacial score (nSPS) is 12.2.